The van der Waals surface area contributed by atoms with E-state index in [9.17, 15) is 14.4 Å². The first-order valence-corrected chi connectivity index (χ1v) is 8.84. The molecule has 2 aromatic rings. The number of amides is 2. The molecule has 1 N–H and O–H groups in total. The van der Waals surface area contributed by atoms with Crippen LogP contribution in [0.5, 0.6) is 5.75 Å². The van der Waals surface area contributed by atoms with Gasteiger partial charge in [0.2, 0.25) is 5.91 Å². The fourth-order valence-corrected chi connectivity index (χ4v) is 3.08. The van der Waals surface area contributed by atoms with Crippen molar-refractivity contribution in [1.29, 1.82) is 0 Å². The second-order valence-corrected chi connectivity index (χ2v) is 6.59. The van der Waals surface area contributed by atoms with E-state index in [-0.39, 0.29) is 17.6 Å². The summed E-state index contributed by atoms with van der Waals surface area (Å²) in [6, 6.07) is 12.2. The van der Waals surface area contributed by atoms with Crippen molar-refractivity contribution in [3.05, 3.63) is 53.6 Å². The zero-order valence-electron chi connectivity index (χ0n) is 15.6. The lowest BCUT2D eigenvalue weighted by atomic mass is 10.1. The summed E-state index contributed by atoms with van der Waals surface area (Å²) in [5, 5.41) is 2.84. The van der Waals surface area contributed by atoms with Crippen LogP contribution in [0.15, 0.2) is 42.5 Å². The van der Waals surface area contributed by atoms with Gasteiger partial charge in [0.25, 0.3) is 5.91 Å². The number of rotatable bonds is 5. The summed E-state index contributed by atoms with van der Waals surface area (Å²) >= 11 is 0. The van der Waals surface area contributed by atoms with Crippen molar-refractivity contribution in [3.8, 4) is 5.75 Å². The van der Waals surface area contributed by atoms with E-state index in [0.29, 0.717) is 23.5 Å². The summed E-state index contributed by atoms with van der Waals surface area (Å²) in [6.45, 7) is 5.38. The van der Waals surface area contributed by atoms with Crippen LogP contribution in [0.4, 0.5) is 11.4 Å². The molecule has 0 saturated heterocycles. The van der Waals surface area contributed by atoms with E-state index >= 15 is 0 Å². The molecule has 0 radical (unpaired) electrons. The summed E-state index contributed by atoms with van der Waals surface area (Å²) in [5.74, 6) is 0.247. The summed E-state index contributed by atoms with van der Waals surface area (Å²) < 4.78 is 5.65. The van der Waals surface area contributed by atoms with Crippen LogP contribution in [0.3, 0.4) is 0 Å². The summed E-state index contributed by atoms with van der Waals surface area (Å²) in [5.41, 5.74) is 3.20. The second kappa shape index (κ2) is 7.61. The monoisotopic (exact) mass is 366 g/mol. The Morgan fingerprint density at radius 1 is 1.07 bits per heavy atom. The van der Waals surface area contributed by atoms with E-state index in [2.05, 4.69) is 5.32 Å². The Morgan fingerprint density at radius 3 is 2.41 bits per heavy atom. The zero-order valence-corrected chi connectivity index (χ0v) is 15.6. The largest absolute Gasteiger partial charge is 0.481 e. The first-order valence-electron chi connectivity index (χ1n) is 8.84. The molecule has 0 aliphatic carbocycles. The average molecular weight is 366 g/mol. The number of benzene rings is 2. The smallest absolute Gasteiger partial charge is 0.265 e. The van der Waals surface area contributed by atoms with Gasteiger partial charge in [0, 0.05) is 30.4 Å². The molecule has 140 valence electrons. The maximum atomic E-state index is 12.4. The quantitative estimate of drug-likeness (QED) is 0.825. The fraction of sp³-hybridized carbons (Fsp3) is 0.286. The van der Waals surface area contributed by atoms with E-state index in [4.69, 9.17) is 4.74 Å². The van der Waals surface area contributed by atoms with E-state index < -0.39 is 6.10 Å². The number of Topliss-reactive ketones (excluding diaryl/α,β-unsaturated/α-hetero) is 1. The van der Waals surface area contributed by atoms with Gasteiger partial charge in [-0.1, -0.05) is 0 Å². The number of nitrogens with one attached hydrogen (secondary N) is 1. The van der Waals surface area contributed by atoms with Gasteiger partial charge in [-0.25, -0.2) is 0 Å². The lowest BCUT2D eigenvalue weighted by Gasteiger charge is -2.17. The minimum Gasteiger partial charge on any atom is -0.481 e. The van der Waals surface area contributed by atoms with Crippen LogP contribution in [0.25, 0.3) is 0 Å². The van der Waals surface area contributed by atoms with Crippen LogP contribution >= 0.6 is 0 Å². The highest BCUT2D eigenvalue weighted by molar-refractivity contribution is 5.97. The third-order valence-corrected chi connectivity index (χ3v) is 4.57. The highest BCUT2D eigenvalue weighted by Crippen LogP contribution is 2.30. The fourth-order valence-electron chi connectivity index (χ4n) is 3.08. The zero-order chi connectivity index (χ0) is 19.6. The Balaban J connectivity index is 1.63. The van der Waals surface area contributed by atoms with Gasteiger partial charge in [0.15, 0.2) is 11.9 Å². The first-order chi connectivity index (χ1) is 12.8. The molecular weight excluding hydrogens is 344 g/mol. The van der Waals surface area contributed by atoms with Crippen molar-refractivity contribution in [2.75, 3.05) is 16.8 Å². The molecule has 3 rings (SSSR count). The maximum Gasteiger partial charge on any atom is 0.265 e. The lowest BCUT2D eigenvalue weighted by Crippen LogP contribution is -2.30. The molecule has 0 aromatic heterocycles. The van der Waals surface area contributed by atoms with Gasteiger partial charge < -0.3 is 15.0 Å². The minimum absolute atomic E-state index is 0.0170. The molecule has 27 heavy (non-hydrogen) atoms. The van der Waals surface area contributed by atoms with Crippen LogP contribution in [-0.2, 0) is 16.0 Å². The van der Waals surface area contributed by atoms with E-state index in [1.807, 2.05) is 12.1 Å². The molecule has 6 heteroatoms. The molecule has 6 nitrogen and oxygen atoms in total. The Morgan fingerprint density at radius 2 is 1.78 bits per heavy atom. The highest BCUT2D eigenvalue weighted by Gasteiger charge is 2.23. The number of hydrogen-bond donors (Lipinski definition) is 1. The molecule has 1 aliphatic heterocycles. The highest BCUT2D eigenvalue weighted by atomic mass is 16.5. The van der Waals surface area contributed by atoms with Gasteiger partial charge in [-0.15, -0.1) is 0 Å². The third-order valence-electron chi connectivity index (χ3n) is 4.57. The predicted octanol–water partition coefficient (Wildman–Crippen LogP) is 3.20. The van der Waals surface area contributed by atoms with Crippen LogP contribution in [0.2, 0.25) is 0 Å². The Bertz CT molecular complexity index is 890. The normalized spacial score (nSPS) is 13.7. The predicted molar refractivity (Wildman–Crippen MR) is 103 cm³/mol. The van der Waals surface area contributed by atoms with Gasteiger partial charge in [-0.3, -0.25) is 14.4 Å². The van der Waals surface area contributed by atoms with Crippen LogP contribution in [-0.4, -0.2) is 30.2 Å². The van der Waals surface area contributed by atoms with Crippen molar-refractivity contribution >= 4 is 29.0 Å². The van der Waals surface area contributed by atoms with E-state index in [1.54, 1.807) is 49.1 Å². The molecule has 1 heterocycles. The van der Waals surface area contributed by atoms with Crippen molar-refractivity contribution in [1.82, 2.24) is 0 Å². The molecule has 1 atom stereocenters. The lowest BCUT2D eigenvalue weighted by molar-refractivity contribution is -0.122. The number of carbonyl (C=O) groups is 3. The summed E-state index contributed by atoms with van der Waals surface area (Å²) in [7, 11) is 0. The molecule has 0 saturated carbocycles. The van der Waals surface area contributed by atoms with Crippen LogP contribution in [0.1, 0.15) is 36.7 Å². The van der Waals surface area contributed by atoms with Crippen LogP contribution in [0, 0.1) is 0 Å². The molecular formula is C21H22N2O4. The molecule has 0 bridgehead atoms. The Kier molecular flexibility index (Phi) is 5.26. The molecule has 2 amide bonds. The SMILES string of the molecule is CC(=O)c1ccc(OC(C)C(=O)Nc2ccc3c(c2)CCN3C(C)=O)cc1. The number of hydrogen-bond acceptors (Lipinski definition) is 4. The Labute approximate surface area is 158 Å². The number of carbonyl (C=O) groups excluding carboxylic acids is 3. The number of ether oxygens (including phenoxy) is 1. The molecule has 2 aromatic carbocycles. The standard InChI is InChI=1S/C21H22N2O4/c1-13(24)16-4-7-19(8-5-16)27-14(2)21(26)22-18-6-9-20-17(12-18)10-11-23(20)15(3)25/h4-9,12,14H,10-11H2,1-3H3,(H,22,26). The molecule has 1 unspecified atom stereocenters. The first kappa shape index (κ1) is 18.6. The van der Waals surface area contributed by atoms with Crippen molar-refractivity contribution in [2.45, 2.75) is 33.3 Å². The van der Waals surface area contributed by atoms with Gasteiger partial charge in [0.05, 0.1) is 0 Å². The van der Waals surface area contributed by atoms with Gasteiger partial charge >= 0.3 is 0 Å². The number of ketones is 1. The van der Waals surface area contributed by atoms with Crippen molar-refractivity contribution in [2.24, 2.45) is 0 Å². The Hall–Kier alpha value is -3.15. The number of nitrogens with zero attached hydrogens (tertiary/aromatic N) is 1. The summed E-state index contributed by atoms with van der Waals surface area (Å²) in [4.78, 5) is 37.1. The van der Waals surface area contributed by atoms with E-state index in [1.165, 1.54) is 6.92 Å². The van der Waals surface area contributed by atoms with Crippen molar-refractivity contribution < 1.29 is 19.1 Å². The number of fused-ring (bicyclic) bond motifs is 1. The van der Waals surface area contributed by atoms with Gasteiger partial charge in [-0.2, -0.15) is 0 Å². The third kappa shape index (κ3) is 4.16. The molecule has 1 aliphatic rings. The van der Waals surface area contributed by atoms with E-state index in [0.717, 1.165) is 17.7 Å². The number of anilines is 2. The van der Waals surface area contributed by atoms with Gasteiger partial charge in [-0.05, 0) is 68.3 Å². The minimum atomic E-state index is -0.699. The molecule has 0 fully saturated rings. The topological polar surface area (TPSA) is 75.7 Å². The summed E-state index contributed by atoms with van der Waals surface area (Å²) in [6.07, 6.45) is 0.0721. The second-order valence-electron chi connectivity index (χ2n) is 6.59. The molecule has 0 spiro atoms. The van der Waals surface area contributed by atoms with Gasteiger partial charge in [0.1, 0.15) is 5.75 Å². The van der Waals surface area contributed by atoms with Crippen LogP contribution < -0.4 is 15.0 Å². The average Bonchev–Trinajstić information content (AvgIpc) is 3.05. The maximum absolute atomic E-state index is 12.4. The van der Waals surface area contributed by atoms with Crippen molar-refractivity contribution in [3.63, 3.8) is 0 Å².